The molecule has 4 aromatic heterocycles. The lowest BCUT2D eigenvalue weighted by Gasteiger charge is -2.11. The highest BCUT2D eigenvalue weighted by Crippen LogP contribution is 2.46. The second kappa shape index (κ2) is 12.5. The Hall–Kier alpha value is -4.70. The summed E-state index contributed by atoms with van der Waals surface area (Å²) in [5.41, 5.74) is 3.18. The second-order valence-corrected chi connectivity index (χ2v) is 12.3. The molecule has 0 amide bonds. The van der Waals surface area contributed by atoms with Gasteiger partial charge in [0.15, 0.2) is 0 Å². The van der Waals surface area contributed by atoms with Crippen molar-refractivity contribution in [3.8, 4) is 45.6 Å². The molecular weight excluding hydrogens is 601 g/mol. The van der Waals surface area contributed by atoms with Gasteiger partial charge >= 0.3 is 0 Å². The van der Waals surface area contributed by atoms with E-state index in [2.05, 4.69) is 30.8 Å². The third-order valence-corrected chi connectivity index (χ3v) is 8.93. The zero-order valence-electron chi connectivity index (χ0n) is 24.9. The average molecular weight is 631 g/mol. The summed E-state index contributed by atoms with van der Waals surface area (Å²) in [6.07, 6.45) is 3.51. The molecule has 0 unspecified atom stereocenters. The van der Waals surface area contributed by atoms with Crippen molar-refractivity contribution in [1.29, 1.82) is 0 Å². The fourth-order valence-corrected chi connectivity index (χ4v) is 6.65. The molecular formula is C28H30N12O2S2. The molecule has 0 aliphatic rings. The topological polar surface area (TPSA) is 141 Å². The number of ether oxygens (including phenoxy) is 2. The molecule has 0 fully saturated rings. The minimum absolute atomic E-state index is 0.0616. The summed E-state index contributed by atoms with van der Waals surface area (Å²) in [6, 6.07) is 15.5. The third-order valence-electron chi connectivity index (χ3n) is 6.55. The Bertz CT molecular complexity index is 1720. The van der Waals surface area contributed by atoms with E-state index in [0.29, 0.717) is 11.6 Å². The minimum Gasteiger partial charge on any atom is -0.497 e. The Labute approximate surface area is 261 Å². The molecule has 6 aromatic rings. The molecule has 0 aliphatic carbocycles. The summed E-state index contributed by atoms with van der Waals surface area (Å²) in [7, 11) is 6.27. The lowest BCUT2D eigenvalue weighted by atomic mass is 10.3. The van der Waals surface area contributed by atoms with Gasteiger partial charge < -0.3 is 9.47 Å². The molecule has 0 N–H and O–H groups in total. The highest BCUT2D eigenvalue weighted by Gasteiger charge is 2.24. The molecule has 0 spiro atoms. The van der Waals surface area contributed by atoms with E-state index < -0.39 is 0 Å². The van der Waals surface area contributed by atoms with Crippen LogP contribution in [0, 0.1) is 0 Å². The maximum atomic E-state index is 5.37. The summed E-state index contributed by atoms with van der Waals surface area (Å²) in [4.78, 5) is 3.17. The smallest absolute Gasteiger partial charge is 0.209 e. The quantitative estimate of drug-likeness (QED) is 0.171. The van der Waals surface area contributed by atoms with Crippen LogP contribution in [-0.4, -0.2) is 74.2 Å². The number of hydrogen-bond acceptors (Lipinski definition) is 12. The summed E-state index contributed by atoms with van der Waals surface area (Å²) < 4.78 is 14.4. The van der Waals surface area contributed by atoms with Gasteiger partial charge in [0.05, 0.1) is 61.2 Å². The molecule has 14 nitrogen and oxygen atoms in total. The highest BCUT2D eigenvalue weighted by molar-refractivity contribution is 8.76. The fourth-order valence-electron chi connectivity index (χ4n) is 4.14. The molecule has 6 rings (SSSR count). The van der Waals surface area contributed by atoms with E-state index in [1.54, 1.807) is 36.2 Å². The van der Waals surface area contributed by atoms with Gasteiger partial charge in [0.2, 0.25) is 11.6 Å². The largest absolute Gasteiger partial charge is 0.497 e. The van der Waals surface area contributed by atoms with Gasteiger partial charge in [0.1, 0.15) is 21.6 Å². The van der Waals surface area contributed by atoms with Gasteiger partial charge in [-0.15, -0.1) is 20.4 Å². The first kappa shape index (κ1) is 29.4. The zero-order chi connectivity index (χ0) is 30.8. The predicted molar refractivity (Wildman–Crippen MR) is 166 cm³/mol. The van der Waals surface area contributed by atoms with Gasteiger partial charge in [-0.3, -0.25) is 0 Å². The fraction of sp³-hybridized carbons (Fsp3) is 0.286. The average Bonchev–Trinajstić information content (AvgIpc) is 3.85. The number of nitrogens with zero attached hydrogens (tertiary/aromatic N) is 12. The molecule has 0 atom stereocenters. The van der Waals surface area contributed by atoms with E-state index in [9.17, 15) is 0 Å². The lowest BCUT2D eigenvalue weighted by Crippen LogP contribution is -2.04. The van der Waals surface area contributed by atoms with Crippen molar-refractivity contribution in [3.05, 3.63) is 60.9 Å². The van der Waals surface area contributed by atoms with E-state index >= 15 is 0 Å². The van der Waals surface area contributed by atoms with Crippen LogP contribution in [0.1, 0.15) is 39.8 Å². The Kier molecular flexibility index (Phi) is 8.34. The molecule has 0 aliphatic heterocycles. The molecule has 2 aromatic carbocycles. The van der Waals surface area contributed by atoms with Gasteiger partial charge in [-0.25, -0.2) is 9.36 Å². The van der Waals surface area contributed by atoms with Crippen molar-refractivity contribution >= 4 is 21.6 Å². The van der Waals surface area contributed by atoms with E-state index in [1.807, 2.05) is 85.6 Å². The molecule has 0 radical (unpaired) electrons. The van der Waals surface area contributed by atoms with Crippen LogP contribution in [0.15, 0.2) is 71.0 Å². The normalized spacial score (nSPS) is 11.5. The van der Waals surface area contributed by atoms with Crippen LogP contribution in [0.5, 0.6) is 11.5 Å². The number of tetrazole rings is 2. The first-order valence-electron chi connectivity index (χ1n) is 13.8. The van der Waals surface area contributed by atoms with E-state index in [-0.39, 0.29) is 12.1 Å². The van der Waals surface area contributed by atoms with E-state index in [4.69, 9.17) is 19.7 Å². The number of aromatic nitrogens is 12. The summed E-state index contributed by atoms with van der Waals surface area (Å²) in [5.74, 6) is 2.46. The highest BCUT2D eigenvalue weighted by atomic mass is 33.1. The molecule has 44 heavy (non-hydrogen) atoms. The second-order valence-electron chi connectivity index (χ2n) is 10.2. The zero-order valence-corrected chi connectivity index (χ0v) is 26.6. The number of benzene rings is 2. The SMILES string of the molecule is COc1ccc(-n2ncc(-c3nnn(C(C)C)n3)c2SSc2c(-c3nnn(C(C)C)n3)cnn2-c2ccc(OC)cc2)cc1. The van der Waals surface area contributed by atoms with Crippen molar-refractivity contribution < 1.29 is 9.47 Å². The van der Waals surface area contributed by atoms with Crippen molar-refractivity contribution in [1.82, 2.24) is 60.0 Å². The Morgan fingerprint density at radius 2 is 0.977 bits per heavy atom. The minimum atomic E-state index is 0.0616. The summed E-state index contributed by atoms with van der Waals surface area (Å²) in [6.45, 7) is 8.01. The third kappa shape index (κ3) is 5.77. The van der Waals surface area contributed by atoms with E-state index in [0.717, 1.165) is 44.1 Å². The van der Waals surface area contributed by atoms with Gasteiger partial charge in [-0.05, 0) is 108 Å². The number of hydrogen-bond donors (Lipinski definition) is 0. The predicted octanol–water partition coefficient (Wildman–Crippen LogP) is 5.34. The van der Waals surface area contributed by atoms with Gasteiger partial charge in [0.25, 0.3) is 0 Å². The van der Waals surface area contributed by atoms with Crippen molar-refractivity contribution in [2.75, 3.05) is 14.2 Å². The van der Waals surface area contributed by atoms with Crippen LogP contribution in [0.3, 0.4) is 0 Å². The monoisotopic (exact) mass is 630 g/mol. The first-order chi connectivity index (χ1) is 21.4. The Morgan fingerprint density at radius 1 is 0.591 bits per heavy atom. The molecule has 226 valence electrons. The summed E-state index contributed by atoms with van der Waals surface area (Å²) in [5, 5.41) is 37.5. The van der Waals surface area contributed by atoms with Crippen LogP contribution in [0.25, 0.3) is 34.2 Å². The molecule has 16 heteroatoms. The van der Waals surface area contributed by atoms with Crippen LogP contribution < -0.4 is 9.47 Å². The maximum absolute atomic E-state index is 5.37. The van der Waals surface area contributed by atoms with Gasteiger partial charge in [0, 0.05) is 0 Å². The maximum Gasteiger partial charge on any atom is 0.209 e. The van der Waals surface area contributed by atoms with Crippen molar-refractivity contribution in [2.45, 2.75) is 49.8 Å². The molecule has 0 bridgehead atoms. The number of methoxy groups -OCH3 is 2. The van der Waals surface area contributed by atoms with Crippen LogP contribution in [0.4, 0.5) is 0 Å². The lowest BCUT2D eigenvalue weighted by molar-refractivity contribution is 0.414. The van der Waals surface area contributed by atoms with Crippen molar-refractivity contribution in [2.24, 2.45) is 0 Å². The first-order valence-corrected chi connectivity index (χ1v) is 15.9. The summed E-state index contributed by atoms with van der Waals surface area (Å²) >= 11 is 0. The van der Waals surface area contributed by atoms with E-state index in [1.165, 1.54) is 21.6 Å². The van der Waals surface area contributed by atoms with Crippen LogP contribution in [0.2, 0.25) is 0 Å². The number of rotatable bonds is 11. The molecule has 0 saturated carbocycles. The van der Waals surface area contributed by atoms with Crippen molar-refractivity contribution in [3.63, 3.8) is 0 Å². The standard InChI is InChI=1S/C28H30N12O2S2/c1-17(2)39-33-25(31-35-39)23-15-29-37(19-7-11-21(41-5)12-8-19)27(23)43-44-28-24(26-32-36-40(34-26)18(3)4)16-30-38(28)20-9-13-22(42-6)14-10-20/h7-18H,1-6H3. The van der Waals surface area contributed by atoms with Gasteiger partial charge in [-0.1, -0.05) is 0 Å². The van der Waals surface area contributed by atoms with Gasteiger partial charge in [-0.2, -0.15) is 19.8 Å². The Morgan fingerprint density at radius 3 is 1.30 bits per heavy atom. The van der Waals surface area contributed by atoms with Crippen LogP contribution in [-0.2, 0) is 0 Å². The van der Waals surface area contributed by atoms with Crippen LogP contribution >= 0.6 is 21.6 Å². The Balaban J connectivity index is 1.43. The molecule has 4 heterocycles. The molecule has 0 saturated heterocycles.